The predicted molar refractivity (Wildman–Crippen MR) is 64.9 cm³/mol. The summed E-state index contributed by atoms with van der Waals surface area (Å²) >= 11 is 0. The Morgan fingerprint density at radius 2 is 2.20 bits per heavy atom. The fraction of sp³-hybridized carbons (Fsp3) is 0.300. The average Bonchev–Trinajstić information content (AvgIpc) is 2.73. The molecule has 1 heterocycles. The molecule has 1 saturated heterocycles. The first-order valence-electron chi connectivity index (χ1n) is 5.47. The van der Waals surface area contributed by atoms with Crippen LogP contribution in [0.4, 0.5) is 10.5 Å². The van der Waals surface area contributed by atoms with Gasteiger partial charge in [-0.05, 0) is 6.07 Å². The largest absolute Gasteiger partial charge is 0.444 e. The van der Waals surface area contributed by atoms with E-state index < -0.39 is 37.8 Å². The van der Waals surface area contributed by atoms with Crippen LogP contribution in [0.1, 0.15) is 5.56 Å². The third kappa shape index (κ3) is 2.86. The van der Waals surface area contributed by atoms with Crippen molar-refractivity contribution in [3.8, 4) is 0 Å². The molecule has 10 heteroatoms. The molecule has 2 N–H and O–H groups in total. The van der Waals surface area contributed by atoms with E-state index >= 15 is 0 Å². The number of nitrogens with one attached hydrogen (secondary N) is 1. The Kier molecular flexibility index (Phi) is 3.59. The van der Waals surface area contributed by atoms with Crippen LogP contribution >= 0.6 is 0 Å². The molecule has 0 spiro atoms. The predicted octanol–water partition coefficient (Wildman–Crippen LogP) is 0.492. The van der Waals surface area contributed by atoms with Crippen molar-refractivity contribution in [1.82, 2.24) is 5.32 Å². The summed E-state index contributed by atoms with van der Waals surface area (Å²) in [4.78, 5) is 20.3. The van der Waals surface area contributed by atoms with Gasteiger partial charge in [-0.1, -0.05) is 12.1 Å². The van der Waals surface area contributed by atoms with Gasteiger partial charge in [0.05, 0.1) is 11.5 Å². The Balaban J connectivity index is 2.43. The number of rotatable bonds is 4. The minimum absolute atomic E-state index is 0.0294. The van der Waals surface area contributed by atoms with Crippen molar-refractivity contribution in [3.63, 3.8) is 0 Å². The molecule has 1 amide bonds. The molecule has 0 aliphatic carbocycles. The summed E-state index contributed by atoms with van der Waals surface area (Å²) in [7, 11) is -4.71. The van der Waals surface area contributed by atoms with Gasteiger partial charge < -0.3 is 10.1 Å². The van der Waals surface area contributed by atoms with Crippen molar-refractivity contribution in [2.45, 2.75) is 17.4 Å². The molecular weight excluding hydrogens is 292 g/mol. The molecule has 0 bridgehead atoms. The summed E-state index contributed by atoms with van der Waals surface area (Å²) < 4.78 is 36.2. The summed E-state index contributed by atoms with van der Waals surface area (Å²) in [5.41, 5.74) is -0.649. The van der Waals surface area contributed by atoms with Crippen LogP contribution < -0.4 is 5.32 Å². The van der Waals surface area contributed by atoms with E-state index in [1.54, 1.807) is 0 Å². The van der Waals surface area contributed by atoms with Crippen molar-refractivity contribution in [1.29, 1.82) is 0 Å². The number of hydrogen-bond acceptors (Lipinski definition) is 6. The Morgan fingerprint density at radius 3 is 2.70 bits per heavy atom. The minimum Gasteiger partial charge on any atom is -0.444 e. The van der Waals surface area contributed by atoms with Crippen LogP contribution in [0.2, 0.25) is 0 Å². The van der Waals surface area contributed by atoms with Crippen LogP contribution in [0.5, 0.6) is 0 Å². The molecule has 2 rings (SSSR count). The first-order chi connectivity index (χ1) is 9.29. The second-order valence-corrected chi connectivity index (χ2v) is 5.50. The van der Waals surface area contributed by atoms with Crippen molar-refractivity contribution in [3.05, 3.63) is 33.9 Å². The van der Waals surface area contributed by atoms with Crippen molar-refractivity contribution >= 4 is 21.9 Å². The molecule has 1 aromatic carbocycles. The standard InChI is InChI=1S/C10H10N2O7S/c13-10-11-5-7(19-10)4-6-2-1-3-8(20(16,17)18)9(6)12(14)15/h1-3,7H,4-5H2,(H,11,13)(H,16,17,18)/t7-/m1/s1. The lowest BCUT2D eigenvalue weighted by molar-refractivity contribution is -0.388. The Bertz CT molecular complexity index is 670. The Hall–Kier alpha value is -2.20. The first-order valence-corrected chi connectivity index (χ1v) is 6.91. The van der Waals surface area contributed by atoms with Crippen molar-refractivity contribution < 1.29 is 27.4 Å². The van der Waals surface area contributed by atoms with Gasteiger partial charge in [-0.2, -0.15) is 8.42 Å². The van der Waals surface area contributed by atoms with Crippen LogP contribution in [-0.2, 0) is 21.3 Å². The second kappa shape index (κ2) is 5.06. The zero-order valence-electron chi connectivity index (χ0n) is 9.98. The minimum atomic E-state index is -4.71. The summed E-state index contributed by atoms with van der Waals surface area (Å²) in [6.07, 6.45) is -1.29. The van der Waals surface area contributed by atoms with Gasteiger partial charge in [0.25, 0.3) is 5.69 Å². The lowest BCUT2D eigenvalue weighted by atomic mass is 10.1. The highest BCUT2D eigenvalue weighted by molar-refractivity contribution is 7.86. The van der Waals surface area contributed by atoms with E-state index in [1.165, 1.54) is 12.1 Å². The van der Waals surface area contributed by atoms with Gasteiger partial charge in [-0.3, -0.25) is 14.7 Å². The molecule has 108 valence electrons. The zero-order chi connectivity index (χ0) is 14.9. The lowest BCUT2D eigenvalue weighted by Crippen LogP contribution is -2.18. The third-order valence-corrected chi connectivity index (χ3v) is 3.62. The molecule has 20 heavy (non-hydrogen) atoms. The summed E-state index contributed by atoms with van der Waals surface area (Å²) in [6.45, 7) is 0.173. The van der Waals surface area contributed by atoms with Crippen molar-refractivity contribution in [2.75, 3.05) is 6.54 Å². The molecule has 0 saturated carbocycles. The Morgan fingerprint density at radius 1 is 1.50 bits per heavy atom. The van der Waals surface area contributed by atoms with Crippen molar-refractivity contribution in [2.24, 2.45) is 0 Å². The monoisotopic (exact) mass is 302 g/mol. The van der Waals surface area contributed by atoms with E-state index in [-0.39, 0.29) is 18.5 Å². The molecule has 9 nitrogen and oxygen atoms in total. The lowest BCUT2D eigenvalue weighted by Gasteiger charge is -2.09. The van der Waals surface area contributed by atoms with Gasteiger partial charge in [0.2, 0.25) is 0 Å². The number of alkyl carbamates (subject to hydrolysis) is 1. The van der Waals surface area contributed by atoms with Gasteiger partial charge in [-0.15, -0.1) is 0 Å². The van der Waals surface area contributed by atoms with Gasteiger partial charge in [0.1, 0.15) is 6.10 Å². The van der Waals surface area contributed by atoms with Gasteiger partial charge >= 0.3 is 16.2 Å². The fourth-order valence-corrected chi connectivity index (χ4v) is 2.64. The average molecular weight is 302 g/mol. The highest BCUT2D eigenvalue weighted by Crippen LogP contribution is 2.29. The smallest absolute Gasteiger partial charge is 0.407 e. The number of amides is 1. The molecule has 1 fully saturated rings. The maximum Gasteiger partial charge on any atom is 0.407 e. The molecule has 0 radical (unpaired) electrons. The van der Waals surface area contributed by atoms with Gasteiger partial charge in [-0.25, -0.2) is 4.79 Å². The number of nitrogens with zero attached hydrogens (tertiary/aromatic N) is 1. The van der Waals surface area contributed by atoms with Gasteiger partial charge in [0, 0.05) is 12.0 Å². The Labute approximate surface area is 113 Å². The van der Waals surface area contributed by atoms with Crippen LogP contribution in [0.3, 0.4) is 0 Å². The molecule has 1 aliphatic heterocycles. The number of hydrogen-bond donors (Lipinski definition) is 2. The van der Waals surface area contributed by atoms with E-state index in [2.05, 4.69) is 5.32 Å². The maximum atomic E-state index is 11.2. The van der Waals surface area contributed by atoms with E-state index in [4.69, 9.17) is 9.29 Å². The SMILES string of the molecule is O=C1NC[C@@H](Cc2cccc(S(=O)(=O)O)c2[N+](=O)[O-])O1. The number of nitro groups is 1. The number of ether oxygens (including phenoxy) is 1. The van der Waals surface area contributed by atoms with Crippen LogP contribution in [0.25, 0.3) is 0 Å². The van der Waals surface area contributed by atoms with E-state index in [0.29, 0.717) is 0 Å². The number of carbonyl (C=O) groups is 1. The number of carbonyl (C=O) groups excluding carboxylic acids is 1. The highest BCUT2D eigenvalue weighted by Gasteiger charge is 2.31. The van der Waals surface area contributed by atoms with E-state index in [9.17, 15) is 23.3 Å². The van der Waals surface area contributed by atoms with Gasteiger partial charge in [0.15, 0.2) is 4.90 Å². The number of cyclic esters (lactones) is 1. The second-order valence-electron chi connectivity index (χ2n) is 4.11. The van der Waals surface area contributed by atoms with E-state index in [0.717, 1.165) is 6.07 Å². The molecule has 0 unspecified atom stereocenters. The van der Waals surface area contributed by atoms with Crippen LogP contribution in [0, 0.1) is 10.1 Å². The normalized spacial score (nSPS) is 18.4. The molecule has 1 aliphatic rings. The van der Waals surface area contributed by atoms with Crippen LogP contribution in [0.15, 0.2) is 23.1 Å². The molecule has 0 aromatic heterocycles. The molecule has 1 aromatic rings. The molecule has 1 atom stereocenters. The fourth-order valence-electron chi connectivity index (χ4n) is 1.94. The summed E-state index contributed by atoms with van der Waals surface area (Å²) in [5, 5.41) is 13.4. The number of nitro benzene ring substituents is 1. The summed E-state index contributed by atoms with van der Waals surface area (Å²) in [6, 6.07) is 3.56. The number of para-hydroxylation sites is 1. The third-order valence-electron chi connectivity index (χ3n) is 2.74. The topological polar surface area (TPSA) is 136 Å². The quantitative estimate of drug-likeness (QED) is 0.469. The maximum absolute atomic E-state index is 11.2. The highest BCUT2D eigenvalue weighted by atomic mass is 32.2. The van der Waals surface area contributed by atoms with E-state index in [1.807, 2.05) is 0 Å². The zero-order valence-corrected chi connectivity index (χ0v) is 10.8. The summed E-state index contributed by atoms with van der Waals surface area (Å²) in [5.74, 6) is 0. The molecular formula is C10H10N2O7S. The number of benzene rings is 1. The first kappa shape index (κ1) is 14.2. The van der Waals surface area contributed by atoms with Crippen LogP contribution in [-0.4, -0.2) is 36.6 Å².